The molecular formula is C30H23N3O2. The number of carbonyl (C=O) groups is 2. The van der Waals surface area contributed by atoms with Gasteiger partial charge in [-0.15, -0.1) is 0 Å². The Kier molecular flexibility index (Phi) is 4.31. The molecule has 0 unspecified atom stereocenters. The number of imide groups is 1. The maximum absolute atomic E-state index is 13.2. The van der Waals surface area contributed by atoms with Crippen LogP contribution in [-0.4, -0.2) is 21.8 Å². The molecule has 1 aromatic heterocycles. The molecule has 3 aliphatic rings. The molecule has 0 radical (unpaired) electrons. The summed E-state index contributed by atoms with van der Waals surface area (Å²) in [6, 6.07) is 23.8. The lowest BCUT2D eigenvalue weighted by molar-refractivity contribution is -0.123. The van der Waals surface area contributed by atoms with Gasteiger partial charge in [-0.2, -0.15) is 0 Å². The first kappa shape index (κ1) is 20.3. The van der Waals surface area contributed by atoms with Crippen LogP contribution in [0.3, 0.4) is 0 Å². The van der Waals surface area contributed by atoms with Gasteiger partial charge >= 0.3 is 0 Å². The van der Waals surface area contributed by atoms with Crippen LogP contribution in [0.25, 0.3) is 33.5 Å². The number of hydrogen-bond donors (Lipinski definition) is 0. The molecule has 4 aromatic rings. The summed E-state index contributed by atoms with van der Waals surface area (Å²) in [5, 5.41) is 0.975. The van der Waals surface area contributed by atoms with Gasteiger partial charge in [0.2, 0.25) is 11.8 Å². The molecule has 0 spiro atoms. The van der Waals surface area contributed by atoms with Crippen molar-refractivity contribution in [2.75, 3.05) is 4.90 Å². The maximum Gasteiger partial charge on any atom is 0.238 e. The van der Waals surface area contributed by atoms with Crippen molar-refractivity contribution in [3.63, 3.8) is 0 Å². The number of carbonyl (C=O) groups excluding carboxylic acids is 2. The van der Waals surface area contributed by atoms with Crippen LogP contribution in [0.5, 0.6) is 0 Å². The molecular weight excluding hydrogens is 434 g/mol. The number of benzene rings is 3. The zero-order valence-electron chi connectivity index (χ0n) is 19.3. The summed E-state index contributed by atoms with van der Waals surface area (Å²) in [6.45, 7) is 2.06. The highest BCUT2D eigenvalue weighted by Crippen LogP contribution is 2.53. The molecule has 2 amide bonds. The highest BCUT2D eigenvalue weighted by molar-refractivity contribution is 6.22. The molecule has 2 fully saturated rings. The Morgan fingerprint density at radius 3 is 2.14 bits per heavy atom. The number of rotatable bonds is 3. The van der Waals surface area contributed by atoms with E-state index in [-0.39, 0.29) is 35.5 Å². The van der Waals surface area contributed by atoms with E-state index in [0.29, 0.717) is 11.5 Å². The van der Waals surface area contributed by atoms with Crippen molar-refractivity contribution in [2.45, 2.75) is 13.3 Å². The van der Waals surface area contributed by atoms with E-state index in [9.17, 15) is 9.59 Å². The van der Waals surface area contributed by atoms with E-state index in [0.717, 1.165) is 39.7 Å². The third kappa shape index (κ3) is 3.01. The average molecular weight is 458 g/mol. The Balaban J connectivity index is 1.30. The quantitative estimate of drug-likeness (QED) is 0.297. The molecule has 1 saturated carbocycles. The van der Waals surface area contributed by atoms with Crippen LogP contribution in [-0.2, 0) is 9.59 Å². The molecule has 170 valence electrons. The van der Waals surface area contributed by atoms with Crippen molar-refractivity contribution >= 4 is 28.4 Å². The van der Waals surface area contributed by atoms with Gasteiger partial charge in [0.15, 0.2) is 5.82 Å². The van der Waals surface area contributed by atoms with Crippen LogP contribution < -0.4 is 4.90 Å². The van der Waals surface area contributed by atoms with Gasteiger partial charge in [-0.1, -0.05) is 66.2 Å². The Morgan fingerprint density at radius 2 is 1.46 bits per heavy atom. The van der Waals surface area contributed by atoms with Gasteiger partial charge in [0.05, 0.1) is 28.7 Å². The van der Waals surface area contributed by atoms with E-state index in [1.807, 2.05) is 60.7 Å². The predicted molar refractivity (Wildman–Crippen MR) is 135 cm³/mol. The minimum absolute atomic E-state index is 0.0564. The second kappa shape index (κ2) is 7.44. The van der Waals surface area contributed by atoms with Crippen molar-refractivity contribution in [1.29, 1.82) is 0 Å². The largest absolute Gasteiger partial charge is 0.274 e. The van der Waals surface area contributed by atoms with Gasteiger partial charge in [-0.05, 0) is 49.4 Å². The number of aromatic nitrogens is 2. The third-order valence-electron chi connectivity index (χ3n) is 7.75. The summed E-state index contributed by atoms with van der Waals surface area (Å²) < 4.78 is 0. The van der Waals surface area contributed by atoms with Gasteiger partial charge in [-0.25, -0.2) is 9.97 Å². The number of allylic oxidation sites excluding steroid dienone is 2. The molecule has 4 atom stereocenters. The molecule has 1 aliphatic heterocycles. The monoisotopic (exact) mass is 457 g/mol. The van der Waals surface area contributed by atoms with Gasteiger partial charge in [-0.3, -0.25) is 14.5 Å². The van der Waals surface area contributed by atoms with Crippen molar-refractivity contribution in [3.8, 4) is 22.6 Å². The summed E-state index contributed by atoms with van der Waals surface area (Å²) in [4.78, 5) is 37.6. The van der Waals surface area contributed by atoms with Crippen molar-refractivity contribution in [1.82, 2.24) is 9.97 Å². The lowest BCUT2D eigenvalue weighted by Crippen LogP contribution is -2.32. The molecule has 7 rings (SSSR count). The molecule has 2 aliphatic carbocycles. The van der Waals surface area contributed by atoms with E-state index < -0.39 is 0 Å². The standard InChI is InChI=1S/C30H23N3O2/c1-17-7-14-24-23(15-17)27(32-28(31-24)19-5-3-2-4-6-19)18-10-12-22(13-11-18)33-29(34)25-20-8-9-21(16-20)26(25)30(33)35/h2-15,20-21,25-26H,16H2,1H3/t20-,21-,25-,26+/m0/s1. The number of amides is 2. The summed E-state index contributed by atoms with van der Waals surface area (Å²) in [7, 11) is 0. The van der Waals surface area contributed by atoms with E-state index in [2.05, 4.69) is 31.2 Å². The molecule has 3 aromatic carbocycles. The normalized spacial score (nSPS) is 24.5. The Labute approximate surface area is 203 Å². The van der Waals surface area contributed by atoms with Gasteiger partial charge in [0.1, 0.15) is 0 Å². The van der Waals surface area contributed by atoms with Crippen molar-refractivity contribution < 1.29 is 9.59 Å². The minimum Gasteiger partial charge on any atom is -0.274 e. The second-order valence-electron chi connectivity index (χ2n) is 9.84. The molecule has 5 heteroatoms. The van der Waals surface area contributed by atoms with Gasteiger partial charge < -0.3 is 0 Å². The molecule has 2 heterocycles. The van der Waals surface area contributed by atoms with E-state index in [1.165, 1.54) is 4.90 Å². The SMILES string of the molecule is Cc1ccc2nc(-c3ccccc3)nc(-c3ccc(N4C(=O)[C@@H]5[C@H](C4=O)[C@H]4C=C[C@H]5C4)cc3)c2c1. The summed E-state index contributed by atoms with van der Waals surface area (Å²) in [6.07, 6.45) is 5.18. The summed E-state index contributed by atoms with van der Waals surface area (Å²) in [5.74, 6) is 0.578. The number of anilines is 1. The zero-order chi connectivity index (χ0) is 23.7. The van der Waals surface area contributed by atoms with E-state index >= 15 is 0 Å². The average Bonchev–Trinajstić information content (AvgIpc) is 3.58. The third-order valence-corrected chi connectivity index (χ3v) is 7.75. The zero-order valence-corrected chi connectivity index (χ0v) is 19.3. The fraction of sp³-hybridized carbons (Fsp3) is 0.200. The lowest BCUT2D eigenvalue weighted by Gasteiger charge is -2.18. The molecule has 0 N–H and O–H groups in total. The van der Waals surface area contributed by atoms with Crippen molar-refractivity contribution in [2.24, 2.45) is 23.7 Å². The fourth-order valence-electron chi connectivity index (χ4n) is 6.10. The van der Waals surface area contributed by atoms with E-state index in [4.69, 9.17) is 9.97 Å². The number of aryl methyl sites for hydroxylation is 1. The van der Waals surface area contributed by atoms with Gasteiger partial charge in [0, 0.05) is 16.5 Å². The Morgan fingerprint density at radius 1 is 0.771 bits per heavy atom. The number of fused-ring (bicyclic) bond motifs is 6. The maximum atomic E-state index is 13.2. The number of nitrogens with zero attached hydrogens (tertiary/aromatic N) is 3. The molecule has 35 heavy (non-hydrogen) atoms. The first-order valence-corrected chi connectivity index (χ1v) is 12.1. The fourth-order valence-corrected chi connectivity index (χ4v) is 6.10. The number of hydrogen-bond acceptors (Lipinski definition) is 4. The predicted octanol–water partition coefficient (Wildman–Crippen LogP) is 5.58. The van der Waals surface area contributed by atoms with Crippen LogP contribution in [0, 0.1) is 30.6 Å². The van der Waals surface area contributed by atoms with Gasteiger partial charge in [0.25, 0.3) is 0 Å². The van der Waals surface area contributed by atoms with E-state index in [1.54, 1.807) is 0 Å². The summed E-state index contributed by atoms with van der Waals surface area (Å²) >= 11 is 0. The summed E-state index contributed by atoms with van der Waals surface area (Å²) in [5.41, 5.74) is 5.36. The highest BCUT2D eigenvalue weighted by Gasteiger charge is 2.59. The Hall–Kier alpha value is -4.12. The Bertz CT molecular complexity index is 1510. The molecule has 2 bridgehead atoms. The minimum atomic E-state index is -0.195. The first-order chi connectivity index (χ1) is 17.1. The smallest absolute Gasteiger partial charge is 0.238 e. The van der Waals surface area contributed by atoms with Crippen LogP contribution in [0.15, 0.2) is 84.9 Å². The van der Waals surface area contributed by atoms with Crippen LogP contribution >= 0.6 is 0 Å². The second-order valence-corrected chi connectivity index (χ2v) is 9.84. The lowest BCUT2D eigenvalue weighted by atomic mass is 9.85. The molecule has 1 saturated heterocycles. The van der Waals surface area contributed by atoms with Crippen LogP contribution in [0.2, 0.25) is 0 Å². The van der Waals surface area contributed by atoms with Crippen LogP contribution in [0.4, 0.5) is 5.69 Å². The molecule has 5 nitrogen and oxygen atoms in total. The first-order valence-electron chi connectivity index (χ1n) is 12.1. The van der Waals surface area contributed by atoms with Crippen LogP contribution in [0.1, 0.15) is 12.0 Å². The highest BCUT2D eigenvalue weighted by atomic mass is 16.2. The topological polar surface area (TPSA) is 63.2 Å². The van der Waals surface area contributed by atoms with Crippen molar-refractivity contribution in [3.05, 3.63) is 90.5 Å².